The average molecular weight is 168 g/mol. The maximum atomic E-state index is 2.41. The van der Waals surface area contributed by atoms with E-state index in [-0.39, 0.29) is 0 Å². The molecule has 0 N–H and O–H groups in total. The van der Waals surface area contributed by atoms with Crippen LogP contribution < -0.4 is 0 Å². The molecule has 1 rings (SSSR count). The zero-order valence-corrected chi connectivity index (χ0v) is 9.03. The second-order valence-electron chi connectivity index (χ2n) is 4.78. The quantitative estimate of drug-likeness (QED) is 0.536. The lowest BCUT2D eigenvalue weighted by molar-refractivity contribution is 0.149. The molecule has 0 aliphatic heterocycles. The van der Waals surface area contributed by atoms with E-state index in [0.29, 0.717) is 5.41 Å². The van der Waals surface area contributed by atoms with E-state index in [2.05, 4.69) is 20.8 Å². The predicted octanol–water partition coefficient (Wildman–Crippen LogP) is 4.39. The van der Waals surface area contributed by atoms with Gasteiger partial charge in [0.2, 0.25) is 0 Å². The molecular weight excluding hydrogens is 144 g/mol. The zero-order valence-electron chi connectivity index (χ0n) is 9.03. The van der Waals surface area contributed by atoms with E-state index in [1.165, 1.54) is 44.9 Å². The number of hydrogen-bond acceptors (Lipinski definition) is 0. The molecule has 0 atom stereocenters. The Morgan fingerprint density at radius 2 is 1.50 bits per heavy atom. The van der Waals surface area contributed by atoms with Crippen molar-refractivity contribution in [3.8, 4) is 0 Å². The molecule has 0 bridgehead atoms. The highest BCUT2D eigenvalue weighted by molar-refractivity contribution is 4.82. The summed E-state index contributed by atoms with van der Waals surface area (Å²) in [6.45, 7) is 7.20. The highest BCUT2D eigenvalue weighted by Crippen LogP contribution is 2.43. The van der Waals surface area contributed by atoms with Crippen LogP contribution in [0.3, 0.4) is 0 Å². The molecule has 0 aromatic heterocycles. The Morgan fingerprint density at radius 3 is 1.83 bits per heavy atom. The van der Waals surface area contributed by atoms with Gasteiger partial charge in [0.15, 0.2) is 0 Å². The van der Waals surface area contributed by atoms with Gasteiger partial charge in [-0.05, 0) is 24.2 Å². The molecule has 12 heavy (non-hydrogen) atoms. The van der Waals surface area contributed by atoms with Crippen molar-refractivity contribution >= 4 is 0 Å². The summed E-state index contributed by atoms with van der Waals surface area (Å²) in [7, 11) is 0. The summed E-state index contributed by atoms with van der Waals surface area (Å²) in [5.41, 5.74) is 0.705. The Labute approximate surface area is 77.7 Å². The highest BCUT2D eigenvalue weighted by Gasteiger charge is 2.31. The fraction of sp³-hybridized carbons (Fsp3) is 1.00. The monoisotopic (exact) mass is 168 g/mol. The molecule has 0 saturated heterocycles. The van der Waals surface area contributed by atoms with Crippen LogP contribution >= 0.6 is 0 Å². The first kappa shape index (κ1) is 10.1. The topological polar surface area (TPSA) is 0 Å². The fourth-order valence-electron chi connectivity index (χ4n) is 2.77. The zero-order chi connectivity index (χ0) is 9.03. The van der Waals surface area contributed by atoms with Crippen molar-refractivity contribution in [3.63, 3.8) is 0 Å². The van der Waals surface area contributed by atoms with Crippen molar-refractivity contribution in [2.45, 2.75) is 65.7 Å². The Kier molecular flexibility index (Phi) is 3.61. The lowest BCUT2D eigenvalue weighted by Crippen LogP contribution is -2.25. The van der Waals surface area contributed by atoms with Crippen LogP contribution in [0.4, 0.5) is 0 Å². The average Bonchev–Trinajstić information content (AvgIpc) is 2.29. The molecule has 0 radical (unpaired) electrons. The Hall–Kier alpha value is 0. The van der Waals surface area contributed by atoms with Crippen molar-refractivity contribution in [3.05, 3.63) is 0 Å². The minimum Gasteiger partial charge on any atom is -0.0648 e. The first-order chi connectivity index (χ1) is 5.71. The molecule has 1 saturated carbocycles. The molecule has 1 aliphatic rings. The summed E-state index contributed by atoms with van der Waals surface area (Å²) >= 11 is 0. The summed E-state index contributed by atoms with van der Waals surface area (Å²) in [6.07, 6.45) is 10.3. The number of rotatable bonds is 2. The van der Waals surface area contributed by atoms with Gasteiger partial charge in [-0.1, -0.05) is 52.9 Å². The van der Waals surface area contributed by atoms with E-state index in [1.807, 2.05) is 0 Å². The van der Waals surface area contributed by atoms with Gasteiger partial charge in [0.25, 0.3) is 0 Å². The highest BCUT2D eigenvalue weighted by atomic mass is 14.4. The van der Waals surface area contributed by atoms with Crippen molar-refractivity contribution in [2.75, 3.05) is 0 Å². The van der Waals surface area contributed by atoms with Crippen LogP contribution in [0.15, 0.2) is 0 Å². The van der Waals surface area contributed by atoms with Gasteiger partial charge >= 0.3 is 0 Å². The van der Waals surface area contributed by atoms with E-state index < -0.39 is 0 Å². The molecule has 0 nitrogen and oxygen atoms in total. The second-order valence-corrected chi connectivity index (χ2v) is 4.78. The molecule has 1 aliphatic carbocycles. The molecule has 0 heteroatoms. The Morgan fingerprint density at radius 1 is 1.00 bits per heavy atom. The molecule has 0 spiro atoms. The molecule has 0 aromatic carbocycles. The van der Waals surface area contributed by atoms with Crippen molar-refractivity contribution in [1.29, 1.82) is 0 Å². The van der Waals surface area contributed by atoms with E-state index in [9.17, 15) is 0 Å². The van der Waals surface area contributed by atoms with Crippen molar-refractivity contribution in [2.24, 2.45) is 11.3 Å². The van der Waals surface area contributed by atoms with Gasteiger partial charge in [-0.3, -0.25) is 0 Å². The third-order valence-corrected chi connectivity index (χ3v) is 4.03. The Bertz CT molecular complexity index is 116. The number of hydrogen-bond donors (Lipinski definition) is 0. The van der Waals surface area contributed by atoms with Gasteiger partial charge in [-0.2, -0.15) is 0 Å². The molecule has 72 valence electrons. The van der Waals surface area contributed by atoms with Crippen LogP contribution in [0.1, 0.15) is 65.7 Å². The van der Waals surface area contributed by atoms with Crippen LogP contribution in [-0.2, 0) is 0 Å². The first-order valence-electron chi connectivity index (χ1n) is 5.71. The van der Waals surface area contributed by atoms with Crippen LogP contribution in [0.25, 0.3) is 0 Å². The molecule has 0 amide bonds. The molecule has 0 heterocycles. The lowest BCUT2D eigenvalue weighted by atomic mass is 9.70. The van der Waals surface area contributed by atoms with Gasteiger partial charge in [-0.15, -0.1) is 0 Å². The van der Waals surface area contributed by atoms with Gasteiger partial charge in [-0.25, -0.2) is 0 Å². The van der Waals surface area contributed by atoms with Crippen LogP contribution in [0.2, 0.25) is 0 Å². The van der Waals surface area contributed by atoms with E-state index in [1.54, 1.807) is 0 Å². The normalized spacial score (nSPS) is 24.0. The smallest absolute Gasteiger partial charge is 0.0277 e. The third-order valence-electron chi connectivity index (χ3n) is 4.03. The van der Waals surface area contributed by atoms with Crippen LogP contribution in [0.5, 0.6) is 0 Å². The minimum atomic E-state index is 0.705. The summed E-state index contributed by atoms with van der Waals surface area (Å²) in [4.78, 5) is 0. The van der Waals surface area contributed by atoms with Gasteiger partial charge < -0.3 is 0 Å². The van der Waals surface area contributed by atoms with E-state index in [0.717, 1.165) is 5.92 Å². The molecular formula is C12H24. The predicted molar refractivity (Wildman–Crippen MR) is 55.3 cm³/mol. The Balaban J connectivity index is 2.61. The lowest BCUT2D eigenvalue weighted by Gasteiger charge is -2.36. The summed E-state index contributed by atoms with van der Waals surface area (Å²) in [6, 6.07) is 0. The maximum Gasteiger partial charge on any atom is -0.0277 e. The van der Waals surface area contributed by atoms with Gasteiger partial charge in [0.1, 0.15) is 0 Å². The first-order valence-corrected chi connectivity index (χ1v) is 5.71. The standard InChI is InChI=1S/C12H24/c1-4-12(11(2)3)9-7-5-6-8-10-12/h11H,4-10H2,1-3H3. The second kappa shape index (κ2) is 4.30. The van der Waals surface area contributed by atoms with Crippen molar-refractivity contribution < 1.29 is 0 Å². The van der Waals surface area contributed by atoms with Crippen molar-refractivity contribution in [1.82, 2.24) is 0 Å². The van der Waals surface area contributed by atoms with Crippen LogP contribution in [0, 0.1) is 11.3 Å². The minimum absolute atomic E-state index is 0.705. The molecule has 1 fully saturated rings. The fourth-order valence-corrected chi connectivity index (χ4v) is 2.77. The summed E-state index contributed by atoms with van der Waals surface area (Å²) in [5.74, 6) is 0.889. The maximum absolute atomic E-state index is 2.41. The third kappa shape index (κ3) is 2.02. The van der Waals surface area contributed by atoms with Crippen LogP contribution in [-0.4, -0.2) is 0 Å². The molecule has 0 unspecified atom stereocenters. The SMILES string of the molecule is CCC1(C(C)C)CCCCCC1. The van der Waals surface area contributed by atoms with E-state index in [4.69, 9.17) is 0 Å². The summed E-state index contributed by atoms with van der Waals surface area (Å²) in [5, 5.41) is 0. The van der Waals surface area contributed by atoms with E-state index >= 15 is 0 Å². The largest absolute Gasteiger partial charge is 0.0648 e. The summed E-state index contributed by atoms with van der Waals surface area (Å²) < 4.78 is 0. The molecule has 0 aromatic rings. The van der Waals surface area contributed by atoms with Gasteiger partial charge in [0.05, 0.1) is 0 Å². The van der Waals surface area contributed by atoms with Gasteiger partial charge in [0, 0.05) is 0 Å².